The molecule has 0 amide bonds. The van der Waals surface area contributed by atoms with E-state index in [4.69, 9.17) is 0 Å². The molecular weight excluding hydrogens is 184 g/mol. The molecule has 0 aromatic carbocycles. The number of pyridine rings is 1. The predicted molar refractivity (Wildman–Crippen MR) is 62.8 cm³/mol. The van der Waals surface area contributed by atoms with Crippen LogP contribution in [0.25, 0.3) is 0 Å². The van der Waals surface area contributed by atoms with Gasteiger partial charge in [-0.1, -0.05) is 19.4 Å². The van der Waals surface area contributed by atoms with Crippen LogP contribution in [-0.2, 0) is 0 Å². The number of likely N-dealkylation sites (tertiary alicyclic amines) is 1. The highest BCUT2D eigenvalue weighted by atomic mass is 15.2. The zero-order chi connectivity index (χ0) is 10.7. The first-order chi connectivity index (χ1) is 7.31. The highest BCUT2D eigenvalue weighted by Crippen LogP contribution is 2.29. The number of rotatable bonds is 2. The Kier molecular flexibility index (Phi) is 3.37. The zero-order valence-electron chi connectivity index (χ0n) is 9.74. The Labute approximate surface area is 92.3 Å². The first kappa shape index (κ1) is 10.6. The number of hydrogen-bond acceptors (Lipinski definition) is 2. The van der Waals surface area contributed by atoms with Gasteiger partial charge in [-0.15, -0.1) is 0 Å². The van der Waals surface area contributed by atoms with Crippen LogP contribution < -0.4 is 0 Å². The Bertz CT molecular complexity index is 305. The molecule has 2 rings (SSSR count). The van der Waals surface area contributed by atoms with E-state index < -0.39 is 0 Å². The quantitative estimate of drug-likeness (QED) is 0.736. The van der Waals surface area contributed by atoms with Crippen LogP contribution in [0.15, 0.2) is 18.3 Å². The molecule has 0 aliphatic carbocycles. The maximum atomic E-state index is 4.40. The molecule has 2 nitrogen and oxygen atoms in total. The van der Waals surface area contributed by atoms with Gasteiger partial charge < -0.3 is 0 Å². The maximum absolute atomic E-state index is 4.40. The summed E-state index contributed by atoms with van der Waals surface area (Å²) in [5.74, 6) is 0. The molecule has 1 aliphatic rings. The summed E-state index contributed by atoms with van der Waals surface area (Å²) in [5, 5.41) is 0. The lowest BCUT2D eigenvalue weighted by Gasteiger charge is -2.35. The SMILES string of the molecule is CCN1CCCCC1c1ccc(C)nc1. The monoisotopic (exact) mass is 204 g/mol. The van der Waals surface area contributed by atoms with Crippen molar-refractivity contribution in [3.63, 3.8) is 0 Å². The fourth-order valence-electron chi connectivity index (χ4n) is 2.42. The molecule has 2 heteroatoms. The second-order valence-corrected chi connectivity index (χ2v) is 4.37. The molecule has 0 bridgehead atoms. The lowest BCUT2D eigenvalue weighted by Crippen LogP contribution is -2.33. The Hall–Kier alpha value is -0.890. The van der Waals surface area contributed by atoms with Crippen LogP contribution in [0.2, 0.25) is 0 Å². The highest BCUT2D eigenvalue weighted by molar-refractivity contribution is 5.17. The molecule has 0 spiro atoms. The van der Waals surface area contributed by atoms with Crippen LogP contribution in [0.1, 0.15) is 43.5 Å². The van der Waals surface area contributed by atoms with Crippen molar-refractivity contribution in [2.45, 2.75) is 39.2 Å². The van der Waals surface area contributed by atoms with Gasteiger partial charge in [-0.25, -0.2) is 0 Å². The van der Waals surface area contributed by atoms with Gasteiger partial charge in [0.2, 0.25) is 0 Å². The lowest BCUT2D eigenvalue weighted by atomic mass is 9.96. The Morgan fingerprint density at radius 2 is 2.27 bits per heavy atom. The summed E-state index contributed by atoms with van der Waals surface area (Å²) in [6.45, 7) is 6.69. The number of aromatic nitrogens is 1. The minimum atomic E-state index is 0.608. The topological polar surface area (TPSA) is 16.1 Å². The van der Waals surface area contributed by atoms with E-state index >= 15 is 0 Å². The zero-order valence-corrected chi connectivity index (χ0v) is 9.74. The summed E-state index contributed by atoms with van der Waals surface area (Å²) >= 11 is 0. The number of hydrogen-bond donors (Lipinski definition) is 0. The van der Waals surface area contributed by atoms with Crippen LogP contribution in [0.5, 0.6) is 0 Å². The normalized spacial score (nSPS) is 22.9. The van der Waals surface area contributed by atoms with Crippen molar-refractivity contribution in [1.29, 1.82) is 0 Å². The average molecular weight is 204 g/mol. The van der Waals surface area contributed by atoms with E-state index in [0.29, 0.717) is 6.04 Å². The Morgan fingerprint density at radius 3 is 2.93 bits per heavy atom. The van der Waals surface area contributed by atoms with Crippen LogP contribution in [-0.4, -0.2) is 23.0 Å². The van der Waals surface area contributed by atoms with Crippen LogP contribution in [0, 0.1) is 6.92 Å². The average Bonchev–Trinajstić information content (AvgIpc) is 2.30. The highest BCUT2D eigenvalue weighted by Gasteiger charge is 2.22. The molecule has 1 aliphatic heterocycles. The van der Waals surface area contributed by atoms with Crippen molar-refractivity contribution < 1.29 is 0 Å². The van der Waals surface area contributed by atoms with Crippen molar-refractivity contribution in [3.05, 3.63) is 29.6 Å². The van der Waals surface area contributed by atoms with Gasteiger partial charge in [0.05, 0.1) is 0 Å². The molecule has 0 radical (unpaired) electrons. The van der Waals surface area contributed by atoms with Gasteiger partial charge in [-0.2, -0.15) is 0 Å². The third kappa shape index (κ3) is 2.37. The van der Waals surface area contributed by atoms with Crippen molar-refractivity contribution >= 4 is 0 Å². The van der Waals surface area contributed by atoms with E-state index in [0.717, 1.165) is 12.2 Å². The molecule has 1 atom stereocenters. The second kappa shape index (κ2) is 4.75. The summed E-state index contributed by atoms with van der Waals surface area (Å²) in [6, 6.07) is 4.97. The Morgan fingerprint density at radius 1 is 1.40 bits per heavy atom. The smallest absolute Gasteiger partial charge is 0.0372 e. The number of nitrogens with zero attached hydrogens (tertiary/aromatic N) is 2. The minimum Gasteiger partial charge on any atom is -0.297 e. The predicted octanol–water partition coefficient (Wildman–Crippen LogP) is 2.94. The van der Waals surface area contributed by atoms with Crippen LogP contribution in [0.4, 0.5) is 0 Å². The van der Waals surface area contributed by atoms with E-state index in [2.05, 4.69) is 28.9 Å². The molecule has 15 heavy (non-hydrogen) atoms. The van der Waals surface area contributed by atoms with Crippen molar-refractivity contribution in [2.75, 3.05) is 13.1 Å². The van der Waals surface area contributed by atoms with Crippen molar-refractivity contribution in [2.24, 2.45) is 0 Å². The first-order valence-electron chi connectivity index (χ1n) is 5.98. The summed E-state index contributed by atoms with van der Waals surface area (Å²) < 4.78 is 0. The van der Waals surface area contributed by atoms with Crippen molar-refractivity contribution in [3.8, 4) is 0 Å². The molecule has 1 unspecified atom stereocenters. The van der Waals surface area contributed by atoms with Gasteiger partial charge >= 0.3 is 0 Å². The summed E-state index contributed by atoms with van der Waals surface area (Å²) in [4.78, 5) is 6.96. The van der Waals surface area contributed by atoms with E-state index in [1.807, 2.05) is 13.1 Å². The summed E-state index contributed by atoms with van der Waals surface area (Å²) in [5.41, 5.74) is 2.50. The van der Waals surface area contributed by atoms with Crippen molar-refractivity contribution in [1.82, 2.24) is 9.88 Å². The van der Waals surface area contributed by atoms with Crippen LogP contribution >= 0.6 is 0 Å². The molecule has 2 heterocycles. The van der Waals surface area contributed by atoms with Crippen LogP contribution in [0.3, 0.4) is 0 Å². The molecule has 1 aromatic heterocycles. The van der Waals surface area contributed by atoms with Gasteiger partial charge in [-0.05, 0) is 44.5 Å². The third-order valence-corrected chi connectivity index (χ3v) is 3.34. The van der Waals surface area contributed by atoms with E-state index in [1.165, 1.54) is 31.4 Å². The molecule has 0 saturated carbocycles. The second-order valence-electron chi connectivity index (χ2n) is 4.37. The summed E-state index contributed by atoms with van der Waals surface area (Å²) in [7, 11) is 0. The van der Waals surface area contributed by atoms with Gasteiger partial charge in [0.15, 0.2) is 0 Å². The standard InChI is InChI=1S/C13H20N2/c1-3-15-9-5-4-6-13(15)12-8-7-11(2)14-10-12/h7-8,10,13H,3-6,9H2,1-2H3. The van der Waals surface area contributed by atoms with E-state index in [1.54, 1.807) is 0 Å². The van der Waals surface area contributed by atoms with Gasteiger partial charge in [-0.3, -0.25) is 9.88 Å². The van der Waals surface area contributed by atoms with Gasteiger partial charge in [0, 0.05) is 17.9 Å². The fraction of sp³-hybridized carbons (Fsp3) is 0.615. The number of aryl methyl sites for hydroxylation is 1. The molecule has 1 fully saturated rings. The molecular formula is C13H20N2. The molecule has 82 valence electrons. The van der Waals surface area contributed by atoms with E-state index in [-0.39, 0.29) is 0 Å². The Balaban J connectivity index is 2.16. The largest absolute Gasteiger partial charge is 0.297 e. The minimum absolute atomic E-state index is 0.608. The van der Waals surface area contributed by atoms with Gasteiger partial charge in [0.1, 0.15) is 0 Å². The van der Waals surface area contributed by atoms with E-state index in [9.17, 15) is 0 Å². The maximum Gasteiger partial charge on any atom is 0.0372 e. The molecule has 1 saturated heterocycles. The first-order valence-corrected chi connectivity index (χ1v) is 5.98. The number of piperidine rings is 1. The van der Waals surface area contributed by atoms with Gasteiger partial charge in [0.25, 0.3) is 0 Å². The lowest BCUT2D eigenvalue weighted by molar-refractivity contribution is 0.157. The fourth-order valence-corrected chi connectivity index (χ4v) is 2.42. The molecule has 0 N–H and O–H groups in total. The third-order valence-electron chi connectivity index (χ3n) is 3.34. The summed E-state index contributed by atoms with van der Waals surface area (Å²) in [6.07, 6.45) is 6.05. The molecule has 1 aromatic rings.